The maximum Gasteiger partial charge on any atom is 0.217 e. The molecule has 0 amide bonds. The lowest BCUT2D eigenvalue weighted by molar-refractivity contribution is 0.428. The summed E-state index contributed by atoms with van der Waals surface area (Å²) < 4.78 is 0. The van der Waals surface area contributed by atoms with Gasteiger partial charge in [-0.15, -0.1) is 0 Å². The average Bonchev–Trinajstić information content (AvgIpc) is 2.45. The van der Waals surface area contributed by atoms with Crippen LogP contribution in [0.15, 0.2) is 0 Å². The van der Waals surface area contributed by atoms with Gasteiger partial charge in [0.15, 0.2) is 0 Å². The topological polar surface area (TPSA) is 29.1 Å². The van der Waals surface area contributed by atoms with Gasteiger partial charge >= 0.3 is 0 Å². The minimum Gasteiger partial charge on any atom is -0.304 e. The second kappa shape index (κ2) is 1.81. The molecule has 2 aliphatic rings. The van der Waals surface area contributed by atoms with Gasteiger partial charge in [0.25, 0.3) is 0 Å². The van der Waals surface area contributed by atoms with E-state index in [4.69, 9.17) is 0 Å². The monoisotopic (exact) mass is 124 g/mol. The van der Waals surface area contributed by atoms with E-state index in [-0.39, 0.29) is 6.04 Å². The summed E-state index contributed by atoms with van der Waals surface area (Å²) in [7, 11) is 0. The zero-order valence-electron chi connectivity index (χ0n) is 5.26. The van der Waals surface area contributed by atoms with Crippen molar-refractivity contribution in [3.8, 4) is 0 Å². The molecule has 2 heteroatoms. The zero-order valence-corrected chi connectivity index (χ0v) is 5.26. The molecule has 2 rings (SSSR count). The minimum absolute atomic E-state index is 0.0729. The van der Waals surface area contributed by atoms with Crippen molar-refractivity contribution in [2.75, 3.05) is 0 Å². The molecule has 1 saturated heterocycles. The predicted octanol–water partition coefficient (Wildman–Crippen LogP) is 0.237. The van der Waals surface area contributed by atoms with Crippen LogP contribution in [-0.4, -0.2) is 18.4 Å². The van der Waals surface area contributed by atoms with E-state index in [1.807, 2.05) is 6.29 Å². The Bertz CT molecular complexity index is 135. The Morgan fingerprint density at radius 1 is 1.44 bits per heavy atom. The van der Waals surface area contributed by atoms with E-state index in [9.17, 15) is 4.79 Å². The Balaban J connectivity index is 2.09. The van der Waals surface area contributed by atoms with Gasteiger partial charge in [0.1, 0.15) is 0 Å². The van der Waals surface area contributed by atoms with Gasteiger partial charge in [-0.2, -0.15) is 0 Å². The summed E-state index contributed by atoms with van der Waals surface area (Å²) in [6, 6.07) is 0.713. The summed E-state index contributed by atoms with van der Waals surface area (Å²) >= 11 is 0. The summed E-state index contributed by atoms with van der Waals surface area (Å²) in [5.74, 6) is 0.618. The second-order valence-corrected chi connectivity index (χ2v) is 3.03. The molecule has 0 aromatic heterocycles. The van der Waals surface area contributed by atoms with Crippen LogP contribution < -0.4 is 5.32 Å². The third-order valence-electron chi connectivity index (χ3n) is 2.49. The number of hydrogen-bond acceptors (Lipinski definition) is 2. The molecule has 9 heavy (non-hydrogen) atoms. The molecule has 0 aromatic carbocycles. The van der Waals surface area contributed by atoms with E-state index < -0.39 is 0 Å². The van der Waals surface area contributed by atoms with E-state index >= 15 is 0 Å². The Hall–Kier alpha value is -0.370. The first-order valence-corrected chi connectivity index (χ1v) is 3.54. The lowest BCUT2D eigenvalue weighted by atomic mass is 10.0. The fourth-order valence-corrected chi connectivity index (χ4v) is 1.99. The number of nitrogens with one attached hydrogen (secondary N) is 1. The molecule has 2 fully saturated rings. The molecule has 1 heterocycles. The van der Waals surface area contributed by atoms with Crippen molar-refractivity contribution in [3.05, 3.63) is 0 Å². The smallest absolute Gasteiger partial charge is 0.217 e. The number of piperidine rings is 1. The first-order valence-electron chi connectivity index (χ1n) is 3.54. The third kappa shape index (κ3) is 0.697. The molecule has 1 saturated carbocycles. The van der Waals surface area contributed by atoms with E-state index in [2.05, 4.69) is 5.32 Å². The van der Waals surface area contributed by atoms with E-state index in [1.165, 1.54) is 19.3 Å². The van der Waals surface area contributed by atoms with Crippen LogP contribution in [0.5, 0.6) is 0 Å². The zero-order chi connectivity index (χ0) is 6.27. The van der Waals surface area contributed by atoms with Gasteiger partial charge in [-0.1, -0.05) is 0 Å². The summed E-state index contributed by atoms with van der Waals surface area (Å²) in [5.41, 5.74) is 0. The van der Waals surface area contributed by atoms with Crippen LogP contribution >= 0.6 is 0 Å². The molecule has 1 N–H and O–H groups in total. The molecule has 1 radical (unpaired) electrons. The molecule has 1 aliphatic carbocycles. The lowest BCUT2D eigenvalue weighted by Gasteiger charge is -2.15. The van der Waals surface area contributed by atoms with Crippen LogP contribution in [0, 0.1) is 5.92 Å². The summed E-state index contributed by atoms with van der Waals surface area (Å²) in [6.07, 6.45) is 5.74. The molecule has 2 nitrogen and oxygen atoms in total. The molecule has 3 atom stereocenters. The highest BCUT2D eigenvalue weighted by atomic mass is 16.1. The lowest BCUT2D eigenvalue weighted by Crippen LogP contribution is -2.36. The summed E-state index contributed by atoms with van der Waals surface area (Å²) in [4.78, 5) is 10.2. The van der Waals surface area contributed by atoms with Gasteiger partial charge in [0, 0.05) is 6.04 Å². The summed E-state index contributed by atoms with van der Waals surface area (Å²) in [6.45, 7) is 0. The van der Waals surface area contributed by atoms with E-state index in [0.717, 1.165) is 0 Å². The Morgan fingerprint density at radius 2 is 2.33 bits per heavy atom. The SMILES string of the molecule is O=[C]C1NC2CCC1C2. The third-order valence-corrected chi connectivity index (χ3v) is 2.49. The van der Waals surface area contributed by atoms with Crippen molar-refractivity contribution < 1.29 is 4.79 Å². The standard InChI is InChI=1S/C7H10NO/c9-4-7-5-1-2-6(3-5)8-7/h5-8H,1-3H2. The van der Waals surface area contributed by atoms with Crippen molar-refractivity contribution in [1.82, 2.24) is 5.32 Å². The molecule has 0 spiro atoms. The fourth-order valence-electron chi connectivity index (χ4n) is 1.99. The highest BCUT2D eigenvalue weighted by molar-refractivity contribution is 5.60. The van der Waals surface area contributed by atoms with Crippen molar-refractivity contribution in [1.29, 1.82) is 0 Å². The van der Waals surface area contributed by atoms with Gasteiger partial charge in [-0.05, 0) is 25.2 Å². The molecule has 49 valence electrons. The van der Waals surface area contributed by atoms with Crippen LogP contribution in [0.1, 0.15) is 19.3 Å². The van der Waals surface area contributed by atoms with E-state index in [1.54, 1.807) is 0 Å². The van der Waals surface area contributed by atoms with Crippen LogP contribution in [-0.2, 0) is 4.79 Å². The van der Waals surface area contributed by atoms with Crippen molar-refractivity contribution >= 4 is 6.29 Å². The van der Waals surface area contributed by atoms with Gasteiger partial charge in [-0.25, -0.2) is 0 Å². The second-order valence-electron chi connectivity index (χ2n) is 3.03. The van der Waals surface area contributed by atoms with Gasteiger partial charge in [0.2, 0.25) is 6.29 Å². The number of hydrogen-bond donors (Lipinski definition) is 1. The summed E-state index contributed by atoms with van der Waals surface area (Å²) in [5, 5.41) is 3.22. The predicted molar refractivity (Wildman–Crippen MR) is 33.7 cm³/mol. The highest BCUT2D eigenvalue weighted by Gasteiger charge is 2.38. The average molecular weight is 124 g/mol. The maximum atomic E-state index is 10.2. The van der Waals surface area contributed by atoms with Gasteiger partial charge in [-0.3, -0.25) is 4.79 Å². The van der Waals surface area contributed by atoms with Crippen molar-refractivity contribution in [2.24, 2.45) is 5.92 Å². The van der Waals surface area contributed by atoms with Crippen LogP contribution in [0.2, 0.25) is 0 Å². The van der Waals surface area contributed by atoms with Gasteiger partial charge < -0.3 is 5.32 Å². The van der Waals surface area contributed by atoms with Crippen LogP contribution in [0.25, 0.3) is 0 Å². The van der Waals surface area contributed by atoms with E-state index in [0.29, 0.717) is 12.0 Å². The fraction of sp³-hybridized carbons (Fsp3) is 0.857. The largest absolute Gasteiger partial charge is 0.304 e. The number of carbonyl (C=O) groups excluding carboxylic acids is 1. The van der Waals surface area contributed by atoms with Crippen molar-refractivity contribution in [2.45, 2.75) is 31.3 Å². The normalized spacial score (nSPS) is 47.8. The van der Waals surface area contributed by atoms with Crippen LogP contribution in [0.4, 0.5) is 0 Å². The van der Waals surface area contributed by atoms with Gasteiger partial charge in [0.05, 0.1) is 6.04 Å². The molecule has 3 unspecified atom stereocenters. The van der Waals surface area contributed by atoms with Crippen molar-refractivity contribution in [3.63, 3.8) is 0 Å². The molecule has 0 aromatic rings. The quantitative estimate of drug-likeness (QED) is 0.542. The highest BCUT2D eigenvalue weighted by Crippen LogP contribution is 2.34. The Kier molecular flexibility index (Phi) is 1.09. The molecular weight excluding hydrogens is 114 g/mol. The van der Waals surface area contributed by atoms with Crippen LogP contribution in [0.3, 0.4) is 0 Å². The number of rotatable bonds is 1. The molecule has 1 aliphatic heterocycles. The first-order chi connectivity index (χ1) is 4.40. The Labute approximate surface area is 54.6 Å². The maximum absolute atomic E-state index is 10.2. The first kappa shape index (κ1) is 5.42. The minimum atomic E-state index is 0.0729. The molecule has 2 bridgehead atoms. The number of fused-ring (bicyclic) bond motifs is 2. The Morgan fingerprint density at radius 3 is 2.67 bits per heavy atom. The molecular formula is C7H10NO.